The van der Waals surface area contributed by atoms with Crippen LogP contribution >= 0.6 is 15.9 Å². The second kappa shape index (κ2) is 7.75. The third-order valence-corrected chi connectivity index (χ3v) is 4.29. The van der Waals surface area contributed by atoms with Gasteiger partial charge >= 0.3 is 0 Å². The molecule has 0 saturated carbocycles. The molecule has 0 radical (unpaired) electrons. The van der Waals surface area contributed by atoms with Crippen molar-refractivity contribution >= 4 is 33.2 Å². The molecule has 1 aromatic heterocycles. The Kier molecular flexibility index (Phi) is 5.94. The number of carbonyl (C=O) groups excluding carboxylic acids is 1. The molecule has 1 N–H and O–H groups in total. The highest BCUT2D eigenvalue weighted by atomic mass is 79.9. The fourth-order valence-electron chi connectivity index (χ4n) is 2.62. The van der Waals surface area contributed by atoms with E-state index in [0.29, 0.717) is 16.9 Å². The first-order valence-electron chi connectivity index (χ1n) is 7.80. The fraction of sp³-hybridized carbons (Fsp3) is 0.333. The number of aromatic nitrogens is 1. The lowest BCUT2D eigenvalue weighted by atomic mass is 10.1. The molecule has 2 aromatic rings. The zero-order valence-corrected chi connectivity index (χ0v) is 15.8. The first-order chi connectivity index (χ1) is 11.3. The molecule has 0 aliphatic rings. The maximum atomic E-state index is 13.8. The number of rotatable bonds is 5. The SMILES string of the molecule is CC(C)N(C(=O)c1cc(F)ccc1Nc1cnccc1Br)C(C)C. The van der Waals surface area contributed by atoms with Crippen molar-refractivity contribution in [2.45, 2.75) is 39.8 Å². The zero-order valence-electron chi connectivity index (χ0n) is 14.2. The van der Waals surface area contributed by atoms with E-state index in [4.69, 9.17) is 0 Å². The van der Waals surface area contributed by atoms with Gasteiger partial charge in [-0.25, -0.2) is 4.39 Å². The molecular formula is C18H21BrFN3O. The van der Waals surface area contributed by atoms with E-state index in [1.807, 2.05) is 27.7 Å². The van der Waals surface area contributed by atoms with Gasteiger partial charge < -0.3 is 10.2 Å². The fourth-order valence-corrected chi connectivity index (χ4v) is 2.94. The summed E-state index contributed by atoms with van der Waals surface area (Å²) in [6.07, 6.45) is 3.30. The molecule has 0 aliphatic carbocycles. The second-order valence-electron chi connectivity index (χ2n) is 6.07. The van der Waals surface area contributed by atoms with Gasteiger partial charge in [0.2, 0.25) is 0 Å². The highest BCUT2D eigenvalue weighted by Crippen LogP contribution is 2.28. The summed E-state index contributed by atoms with van der Waals surface area (Å²) in [5.74, 6) is -0.649. The Labute approximate surface area is 150 Å². The van der Waals surface area contributed by atoms with Crippen LogP contribution in [0.3, 0.4) is 0 Å². The summed E-state index contributed by atoms with van der Waals surface area (Å²) in [5.41, 5.74) is 1.55. The van der Waals surface area contributed by atoms with Crippen LogP contribution in [0.15, 0.2) is 41.1 Å². The van der Waals surface area contributed by atoms with E-state index in [0.717, 1.165) is 4.47 Å². The number of hydrogen-bond donors (Lipinski definition) is 1. The lowest BCUT2D eigenvalue weighted by Gasteiger charge is -2.31. The normalized spacial score (nSPS) is 11.0. The van der Waals surface area contributed by atoms with E-state index in [1.165, 1.54) is 12.1 Å². The summed E-state index contributed by atoms with van der Waals surface area (Å²) in [4.78, 5) is 18.8. The van der Waals surface area contributed by atoms with Gasteiger partial charge in [-0.05, 0) is 67.9 Å². The van der Waals surface area contributed by atoms with E-state index in [1.54, 1.807) is 29.4 Å². The number of carbonyl (C=O) groups is 1. The molecule has 1 aromatic carbocycles. The van der Waals surface area contributed by atoms with Crippen molar-refractivity contribution < 1.29 is 9.18 Å². The number of benzene rings is 1. The van der Waals surface area contributed by atoms with Gasteiger partial charge in [0.25, 0.3) is 5.91 Å². The largest absolute Gasteiger partial charge is 0.353 e. The molecule has 0 atom stereocenters. The Bertz CT molecular complexity index is 726. The smallest absolute Gasteiger partial charge is 0.256 e. The van der Waals surface area contributed by atoms with Gasteiger partial charge in [-0.1, -0.05) is 0 Å². The molecule has 0 aliphatic heterocycles. The van der Waals surface area contributed by atoms with Gasteiger partial charge in [-0.15, -0.1) is 0 Å². The average molecular weight is 394 g/mol. The molecule has 6 heteroatoms. The molecule has 0 saturated heterocycles. The van der Waals surface area contributed by atoms with Crippen molar-refractivity contribution in [3.8, 4) is 0 Å². The van der Waals surface area contributed by atoms with Crippen molar-refractivity contribution in [1.29, 1.82) is 0 Å². The molecule has 0 fully saturated rings. The van der Waals surface area contributed by atoms with E-state index in [-0.39, 0.29) is 18.0 Å². The number of pyridine rings is 1. The van der Waals surface area contributed by atoms with Crippen molar-refractivity contribution in [2.75, 3.05) is 5.32 Å². The number of hydrogen-bond acceptors (Lipinski definition) is 3. The molecular weight excluding hydrogens is 373 g/mol. The van der Waals surface area contributed by atoms with Crippen LogP contribution in [-0.4, -0.2) is 27.9 Å². The van der Waals surface area contributed by atoms with E-state index < -0.39 is 5.82 Å². The van der Waals surface area contributed by atoms with Crippen molar-refractivity contribution in [2.24, 2.45) is 0 Å². The molecule has 4 nitrogen and oxygen atoms in total. The highest BCUT2D eigenvalue weighted by Gasteiger charge is 2.24. The Morgan fingerprint density at radius 1 is 1.17 bits per heavy atom. The van der Waals surface area contributed by atoms with Crippen LogP contribution in [0.25, 0.3) is 0 Å². The second-order valence-corrected chi connectivity index (χ2v) is 6.92. The van der Waals surface area contributed by atoms with Crippen LogP contribution in [0.1, 0.15) is 38.1 Å². The van der Waals surface area contributed by atoms with Crippen molar-refractivity contribution in [3.63, 3.8) is 0 Å². The Morgan fingerprint density at radius 3 is 2.42 bits per heavy atom. The number of nitrogens with one attached hydrogen (secondary N) is 1. The van der Waals surface area contributed by atoms with E-state index >= 15 is 0 Å². The highest BCUT2D eigenvalue weighted by molar-refractivity contribution is 9.10. The molecule has 2 rings (SSSR count). The first kappa shape index (κ1) is 18.4. The lowest BCUT2D eigenvalue weighted by Crippen LogP contribution is -2.42. The average Bonchev–Trinajstić information content (AvgIpc) is 2.50. The summed E-state index contributed by atoms with van der Waals surface area (Å²) in [6.45, 7) is 7.79. The van der Waals surface area contributed by atoms with Crippen molar-refractivity contribution in [1.82, 2.24) is 9.88 Å². The maximum absolute atomic E-state index is 13.8. The number of nitrogens with zero attached hydrogens (tertiary/aromatic N) is 2. The zero-order chi connectivity index (χ0) is 17.9. The first-order valence-corrected chi connectivity index (χ1v) is 8.59. The topological polar surface area (TPSA) is 45.2 Å². The predicted molar refractivity (Wildman–Crippen MR) is 98.1 cm³/mol. The van der Waals surface area contributed by atoms with Crippen LogP contribution in [-0.2, 0) is 0 Å². The van der Waals surface area contributed by atoms with Gasteiger partial charge in [-0.3, -0.25) is 9.78 Å². The predicted octanol–water partition coefficient (Wildman–Crippen LogP) is 4.99. The summed E-state index contributed by atoms with van der Waals surface area (Å²) >= 11 is 3.43. The van der Waals surface area contributed by atoms with Gasteiger partial charge in [0.05, 0.1) is 23.1 Å². The number of anilines is 2. The minimum absolute atomic E-state index is 0.0127. The minimum atomic E-state index is -0.443. The summed E-state index contributed by atoms with van der Waals surface area (Å²) < 4.78 is 14.6. The minimum Gasteiger partial charge on any atom is -0.353 e. The third kappa shape index (κ3) is 4.12. The summed E-state index contributed by atoms with van der Waals surface area (Å²) in [6, 6.07) is 5.99. The summed E-state index contributed by atoms with van der Waals surface area (Å²) in [5, 5.41) is 3.16. The Balaban J connectivity index is 2.44. The van der Waals surface area contributed by atoms with Crippen LogP contribution in [0.4, 0.5) is 15.8 Å². The maximum Gasteiger partial charge on any atom is 0.256 e. The molecule has 0 bridgehead atoms. The van der Waals surface area contributed by atoms with Gasteiger partial charge in [-0.2, -0.15) is 0 Å². The molecule has 0 unspecified atom stereocenters. The monoisotopic (exact) mass is 393 g/mol. The van der Waals surface area contributed by atoms with Gasteiger partial charge in [0.15, 0.2) is 0 Å². The van der Waals surface area contributed by atoms with Crippen LogP contribution in [0, 0.1) is 5.82 Å². The lowest BCUT2D eigenvalue weighted by molar-refractivity contribution is 0.0644. The van der Waals surface area contributed by atoms with Crippen molar-refractivity contribution in [3.05, 3.63) is 52.5 Å². The number of amides is 1. The molecule has 1 amide bonds. The van der Waals surface area contributed by atoms with Crippen LogP contribution in [0.2, 0.25) is 0 Å². The third-order valence-electron chi connectivity index (χ3n) is 3.60. The van der Waals surface area contributed by atoms with Crippen LogP contribution < -0.4 is 5.32 Å². The Hall–Kier alpha value is -1.95. The van der Waals surface area contributed by atoms with Gasteiger partial charge in [0, 0.05) is 22.8 Å². The summed E-state index contributed by atoms with van der Waals surface area (Å²) in [7, 11) is 0. The van der Waals surface area contributed by atoms with Crippen LogP contribution in [0.5, 0.6) is 0 Å². The molecule has 24 heavy (non-hydrogen) atoms. The van der Waals surface area contributed by atoms with E-state index in [9.17, 15) is 9.18 Å². The van der Waals surface area contributed by atoms with E-state index in [2.05, 4.69) is 26.2 Å². The standard InChI is InChI=1S/C18H21BrFN3O/c1-11(2)23(12(3)4)18(24)14-9-13(20)5-6-16(14)22-17-10-21-8-7-15(17)19/h5-12,22H,1-4H3. The number of halogens is 2. The van der Waals surface area contributed by atoms with Gasteiger partial charge in [0.1, 0.15) is 5.82 Å². The molecule has 1 heterocycles. The Morgan fingerprint density at radius 2 is 1.83 bits per heavy atom. The quantitative estimate of drug-likeness (QED) is 0.778. The molecule has 0 spiro atoms. The molecule has 128 valence electrons.